The first kappa shape index (κ1) is 13.6. The van der Waals surface area contributed by atoms with E-state index in [0.717, 1.165) is 13.1 Å². The maximum atomic E-state index is 4.25. The Morgan fingerprint density at radius 1 is 1.39 bits per heavy atom. The second-order valence-corrected chi connectivity index (χ2v) is 5.84. The molecular weight excluding hydrogens is 224 g/mol. The lowest BCUT2D eigenvalue weighted by atomic mass is 9.95. The molecule has 1 aliphatic carbocycles. The molecule has 0 bridgehead atoms. The summed E-state index contributed by atoms with van der Waals surface area (Å²) in [4.78, 5) is 2.41. The maximum absolute atomic E-state index is 4.25. The molecule has 18 heavy (non-hydrogen) atoms. The van der Waals surface area contributed by atoms with Gasteiger partial charge in [0.15, 0.2) is 0 Å². The Balaban J connectivity index is 1.82. The van der Waals surface area contributed by atoms with Crippen molar-refractivity contribution >= 4 is 0 Å². The van der Waals surface area contributed by atoms with E-state index in [0.29, 0.717) is 11.6 Å². The largest absolute Gasteiger partial charge is 0.311 e. The van der Waals surface area contributed by atoms with Crippen LogP contribution in [0.1, 0.15) is 32.6 Å². The number of likely N-dealkylation sites (N-methyl/N-ethyl adjacent to an activating group) is 1. The highest BCUT2D eigenvalue weighted by atomic mass is 15.3. The average molecular weight is 250 g/mol. The zero-order valence-electron chi connectivity index (χ0n) is 11.9. The normalized spacial score (nSPS) is 20.4. The van der Waals surface area contributed by atoms with Crippen LogP contribution < -0.4 is 5.32 Å². The van der Waals surface area contributed by atoms with Crippen molar-refractivity contribution in [1.82, 2.24) is 20.0 Å². The average Bonchev–Trinajstić information content (AvgIpc) is 2.97. The molecule has 0 amide bonds. The third-order valence-electron chi connectivity index (χ3n) is 4.28. The monoisotopic (exact) mass is 250 g/mol. The molecule has 1 aromatic rings. The van der Waals surface area contributed by atoms with Gasteiger partial charge in [-0.1, -0.05) is 12.8 Å². The van der Waals surface area contributed by atoms with E-state index in [-0.39, 0.29) is 0 Å². The van der Waals surface area contributed by atoms with Crippen LogP contribution in [-0.2, 0) is 6.54 Å². The summed E-state index contributed by atoms with van der Waals surface area (Å²) in [6.07, 6.45) is 9.24. The molecule has 1 N–H and O–H groups in total. The second kappa shape index (κ2) is 5.85. The van der Waals surface area contributed by atoms with Gasteiger partial charge in [0.25, 0.3) is 0 Å². The van der Waals surface area contributed by atoms with Gasteiger partial charge in [-0.3, -0.25) is 4.68 Å². The Bertz CT molecular complexity index is 339. The minimum Gasteiger partial charge on any atom is -0.311 e. The van der Waals surface area contributed by atoms with Crippen molar-refractivity contribution in [2.45, 2.75) is 50.7 Å². The summed E-state index contributed by atoms with van der Waals surface area (Å²) in [5.41, 5.74) is 0.373. The minimum atomic E-state index is 0.373. The Kier molecular flexibility index (Phi) is 4.40. The Morgan fingerprint density at radius 3 is 2.67 bits per heavy atom. The first-order valence-corrected chi connectivity index (χ1v) is 7.01. The van der Waals surface area contributed by atoms with Crippen molar-refractivity contribution < 1.29 is 0 Å². The molecule has 1 atom stereocenters. The van der Waals surface area contributed by atoms with Crippen molar-refractivity contribution in [3.63, 3.8) is 0 Å². The summed E-state index contributed by atoms with van der Waals surface area (Å²) >= 11 is 0. The fraction of sp³-hybridized carbons (Fsp3) is 0.786. The zero-order chi connectivity index (χ0) is 13.0. The molecule has 4 heteroatoms. The molecule has 0 aliphatic heterocycles. The summed E-state index contributed by atoms with van der Waals surface area (Å²) < 4.78 is 1.99. The van der Waals surface area contributed by atoms with Crippen LogP contribution in [0.25, 0.3) is 0 Å². The number of rotatable bonds is 6. The van der Waals surface area contributed by atoms with E-state index in [4.69, 9.17) is 0 Å². The lowest BCUT2D eigenvalue weighted by Crippen LogP contribution is -2.51. The predicted octanol–water partition coefficient (Wildman–Crippen LogP) is 1.74. The molecule has 1 heterocycles. The lowest BCUT2D eigenvalue weighted by Gasteiger charge is -2.37. The molecule has 2 rings (SSSR count). The molecule has 0 radical (unpaired) electrons. The van der Waals surface area contributed by atoms with E-state index in [2.05, 4.69) is 36.3 Å². The summed E-state index contributed by atoms with van der Waals surface area (Å²) in [7, 11) is 4.43. The Labute approximate surface area is 110 Å². The SMILES string of the molecule is CC(Cn1cccn1)NCC1(N(C)C)CCCC1. The highest BCUT2D eigenvalue weighted by Crippen LogP contribution is 2.33. The Hall–Kier alpha value is -0.870. The molecule has 1 unspecified atom stereocenters. The first-order valence-electron chi connectivity index (χ1n) is 7.01. The highest BCUT2D eigenvalue weighted by molar-refractivity contribution is 4.95. The Morgan fingerprint density at radius 2 is 2.11 bits per heavy atom. The molecule has 1 saturated carbocycles. The molecule has 102 valence electrons. The standard InChI is InChI=1S/C14H26N4/c1-13(11-18-10-6-9-16-18)15-12-14(17(2)3)7-4-5-8-14/h6,9-10,13,15H,4-5,7-8,11-12H2,1-3H3. The van der Waals surface area contributed by atoms with Crippen LogP contribution in [0.2, 0.25) is 0 Å². The van der Waals surface area contributed by atoms with Crippen LogP contribution in [0, 0.1) is 0 Å². The molecule has 4 nitrogen and oxygen atoms in total. The number of nitrogens with one attached hydrogen (secondary N) is 1. The van der Waals surface area contributed by atoms with Crippen LogP contribution in [-0.4, -0.2) is 46.9 Å². The summed E-state index contributed by atoms with van der Waals surface area (Å²) in [6.45, 7) is 4.26. The van der Waals surface area contributed by atoms with Crippen LogP contribution in [0.4, 0.5) is 0 Å². The predicted molar refractivity (Wildman–Crippen MR) is 74.6 cm³/mol. The first-order chi connectivity index (χ1) is 8.62. The van der Waals surface area contributed by atoms with Crippen LogP contribution in [0.5, 0.6) is 0 Å². The number of hydrogen-bond acceptors (Lipinski definition) is 3. The van der Waals surface area contributed by atoms with Gasteiger partial charge in [0.2, 0.25) is 0 Å². The minimum absolute atomic E-state index is 0.373. The van der Waals surface area contributed by atoms with Crippen LogP contribution >= 0.6 is 0 Å². The molecule has 1 fully saturated rings. The third-order valence-corrected chi connectivity index (χ3v) is 4.28. The number of hydrogen-bond donors (Lipinski definition) is 1. The summed E-state index contributed by atoms with van der Waals surface area (Å²) in [5.74, 6) is 0. The lowest BCUT2D eigenvalue weighted by molar-refractivity contribution is 0.148. The highest BCUT2D eigenvalue weighted by Gasteiger charge is 2.35. The topological polar surface area (TPSA) is 33.1 Å². The van der Waals surface area contributed by atoms with Crippen LogP contribution in [0.15, 0.2) is 18.5 Å². The van der Waals surface area contributed by atoms with E-state index >= 15 is 0 Å². The van der Waals surface area contributed by atoms with Gasteiger partial charge in [0.05, 0.1) is 6.54 Å². The van der Waals surface area contributed by atoms with Crippen molar-refractivity contribution in [3.8, 4) is 0 Å². The fourth-order valence-corrected chi connectivity index (χ4v) is 2.93. The van der Waals surface area contributed by atoms with Gasteiger partial charge in [0, 0.05) is 30.5 Å². The fourth-order valence-electron chi connectivity index (χ4n) is 2.93. The van der Waals surface area contributed by atoms with Gasteiger partial charge < -0.3 is 10.2 Å². The summed E-state index contributed by atoms with van der Waals surface area (Å²) in [5, 5.41) is 7.94. The molecule has 0 spiro atoms. The van der Waals surface area contributed by atoms with Crippen molar-refractivity contribution in [3.05, 3.63) is 18.5 Å². The summed E-state index contributed by atoms with van der Waals surface area (Å²) in [6, 6.07) is 2.44. The maximum Gasteiger partial charge on any atom is 0.0559 e. The molecule has 1 aliphatic rings. The molecule has 0 saturated heterocycles. The van der Waals surface area contributed by atoms with Crippen molar-refractivity contribution in [1.29, 1.82) is 0 Å². The zero-order valence-corrected chi connectivity index (χ0v) is 11.9. The smallest absolute Gasteiger partial charge is 0.0559 e. The number of aromatic nitrogens is 2. The van der Waals surface area contributed by atoms with E-state index < -0.39 is 0 Å². The van der Waals surface area contributed by atoms with E-state index in [1.807, 2.05) is 23.1 Å². The van der Waals surface area contributed by atoms with Crippen molar-refractivity contribution in [2.24, 2.45) is 0 Å². The van der Waals surface area contributed by atoms with Gasteiger partial charge in [0.1, 0.15) is 0 Å². The van der Waals surface area contributed by atoms with E-state index in [9.17, 15) is 0 Å². The van der Waals surface area contributed by atoms with Crippen LogP contribution in [0.3, 0.4) is 0 Å². The molecule has 0 aromatic carbocycles. The van der Waals surface area contributed by atoms with Gasteiger partial charge >= 0.3 is 0 Å². The number of nitrogens with zero attached hydrogens (tertiary/aromatic N) is 3. The quantitative estimate of drug-likeness (QED) is 0.835. The molecular formula is C14H26N4. The van der Waals surface area contributed by atoms with Crippen molar-refractivity contribution in [2.75, 3.05) is 20.6 Å². The third kappa shape index (κ3) is 3.12. The van der Waals surface area contributed by atoms with Gasteiger partial charge in [-0.15, -0.1) is 0 Å². The second-order valence-electron chi connectivity index (χ2n) is 5.84. The molecule has 1 aromatic heterocycles. The van der Waals surface area contributed by atoms with Gasteiger partial charge in [-0.05, 0) is 39.9 Å². The van der Waals surface area contributed by atoms with E-state index in [1.165, 1.54) is 25.7 Å². The van der Waals surface area contributed by atoms with Gasteiger partial charge in [-0.2, -0.15) is 5.10 Å². The van der Waals surface area contributed by atoms with E-state index in [1.54, 1.807) is 0 Å². The van der Waals surface area contributed by atoms with Gasteiger partial charge in [-0.25, -0.2) is 0 Å².